The Hall–Kier alpha value is -3.02. The first-order valence-electron chi connectivity index (χ1n) is 7.95. The van der Waals surface area contributed by atoms with Crippen molar-refractivity contribution in [2.75, 3.05) is 0 Å². The van der Waals surface area contributed by atoms with Gasteiger partial charge in [0.05, 0.1) is 6.10 Å². The van der Waals surface area contributed by atoms with Crippen LogP contribution in [0.1, 0.15) is 33.9 Å². The van der Waals surface area contributed by atoms with Crippen LogP contribution in [-0.4, -0.2) is 57.1 Å². The highest BCUT2D eigenvalue weighted by molar-refractivity contribution is 5.68. The number of hydrogen-bond donors (Lipinski definition) is 1. The van der Waals surface area contributed by atoms with Crippen LogP contribution in [0.4, 0.5) is 0 Å². The predicted octanol–water partition coefficient (Wildman–Crippen LogP) is -1.36. The quantitative estimate of drug-likeness (QED) is 0.485. The monoisotopic (exact) mass is 385 g/mol. The fourth-order valence-electron chi connectivity index (χ4n) is 2.73. The Balaban J connectivity index is 2.53. The zero-order valence-electron chi connectivity index (χ0n) is 15.0. The lowest BCUT2D eigenvalue weighted by atomic mass is 9.98. The first-order valence-corrected chi connectivity index (χ1v) is 7.95. The normalized spacial score (nSPS) is 27.5. The van der Waals surface area contributed by atoms with Gasteiger partial charge < -0.3 is 18.9 Å². The van der Waals surface area contributed by atoms with Crippen LogP contribution in [0.2, 0.25) is 0 Å². The molecule has 1 aromatic heterocycles. The Morgan fingerprint density at radius 2 is 1.52 bits per heavy atom. The van der Waals surface area contributed by atoms with Crippen LogP contribution in [0.5, 0.6) is 0 Å². The molecule has 1 fully saturated rings. The summed E-state index contributed by atoms with van der Waals surface area (Å²) < 4.78 is 22.0. The van der Waals surface area contributed by atoms with Gasteiger partial charge in [-0.1, -0.05) is 0 Å². The summed E-state index contributed by atoms with van der Waals surface area (Å²) in [7, 11) is 0. The number of ether oxygens (including phenoxy) is 4. The molecule has 0 aliphatic carbocycles. The molecule has 0 unspecified atom stereocenters. The maximum Gasteiger partial charge on any atom is 0.347 e. The van der Waals surface area contributed by atoms with Crippen molar-refractivity contribution in [1.82, 2.24) is 14.8 Å². The van der Waals surface area contributed by atoms with E-state index in [9.17, 15) is 24.0 Å². The molecule has 1 aromatic rings. The molecule has 12 heteroatoms. The van der Waals surface area contributed by atoms with Crippen LogP contribution < -0.4 is 11.2 Å². The topological polar surface area (TPSA) is 156 Å². The zero-order valence-corrected chi connectivity index (χ0v) is 15.0. The molecule has 0 bridgehead atoms. The summed E-state index contributed by atoms with van der Waals surface area (Å²) in [5.41, 5.74) is -1.66. The van der Waals surface area contributed by atoms with E-state index in [0.717, 1.165) is 31.6 Å². The minimum Gasteiger partial charge on any atom is -0.456 e. The van der Waals surface area contributed by atoms with Crippen LogP contribution >= 0.6 is 0 Å². The second-order valence-electron chi connectivity index (χ2n) is 5.84. The van der Waals surface area contributed by atoms with Crippen molar-refractivity contribution >= 4 is 17.9 Å². The van der Waals surface area contributed by atoms with Crippen molar-refractivity contribution in [1.29, 1.82) is 0 Å². The minimum absolute atomic E-state index is 0.674. The fraction of sp³-hybridized carbons (Fsp3) is 0.600. The Bertz CT molecular complexity index is 845. The molecule has 27 heavy (non-hydrogen) atoms. The molecule has 2 rings (SSSR count). The van der Waals surface area contributed by atoms with E-state index in [4.69, 9.17) is 18.9 Å². The summed E-state index contributed by atoms with van der Waals surface area (Å²) in [6.45, 7) is 4.88. The molecule has 148 valence electrons. The number of carbonyl (C=O) groups is 3. The number of aromatic amines is 1. The summed E-state index contributed by atoms with van der Waals surface area (Å²) in [6, 6.07) is 0. The van der Waals surface area contributed by atoms with Crippen LogP contribution in [-0.2, 0) is 33.3 Å². The maximum atomic E-state index is 12.1. The number of rotatable bonds is 4. The number of carbonyl (C=O) groups excluding carboxylic acids is 3. The van der Waals surface area contributed by atoms with Crippen molar-refractivity contribution in [2.45, 2.75) is 58.3 Å². The summed E-state index contributed by atoms with van der Waals surface area (Å²) in [4.78, 5) is 59.9. The largest absolute Gasteiger partial charge is 0.456 e. The molecule has 1 saturated heterocycles. The average Bonchev–Trinajstić information content (AvgIpc) is 2.52. The smallest absolute Gasteiger partial charge is 0.347 e. The standard InChI is InChI=1S/C15H19N3O9/c1-6-11(25-7(2)19)12(26-8(3)20)13(27-9(4)21)14(24-6)18-15(23)17-10(22)5-16-18/h5-6,11-14H,1-4H3,(H,17,22,23)/t6-,11-,12+,13+,14-/m1/s1. The van der Waals surface area contributed by atoms with Gasteiger partial charge in [0.1, 0.15) is 6.20 Å². The second-order valence-corrected chi connectivity index (χ2v) is 5.84. The van der Waals surface area contributed by atoms with Gasteiger partial charge in [0.15, 0.2) is 24.5 Å². The maximum absolute atomic E-state index is 12.1. The van der Waals surface area contributed by atoms with Crippen LogP contribution in [0, 0.1) is 0 Å². The van der Waals surface area contributed by atoms with E-state index in [-0.39, 0.29) is 0 Å². The first-order chi connectivity index (χ1) is 12.6. The van der Waals surface area contributed by atoms with E-state index in [0.29, 0.717) is 0 Å². The third kappa shape index (κ3) is 4.78. The molecule has 1 aliphatic heterocycles. The van der Waals surface area contributed by atoms with Gasteiger partial charge >= 0.3 is 23.6 Å². The summed E-state index contributed by atoms with van der Waals surface area (Å²) in [5, 5.41) is 3.69. The number of hydrogen-bond acceptors (Lipinski definition) is 10. The molecule has 0 saturated carbocycles. The van der Waals surface area contributed by atoms with E-state index < -0.39 is 59.8 Å². The number of nitrogens with one attached hydrogen (secondary N) is 1. The molecular formula is C15H19N3O9. The first kappa shape index (κ1) is 20.3. The third-order valence-corrected chi connectivity index (χ3v) is 3.63. The second kappa shape index (κ2) is 8.12. The lowest BCUT2D eigenvalue weighted by Gasteiger charge is -2.43. The van der Waals surface area contributed by atoms with Crippen LogP contribution in [0.3, 0.4) is 0 Å². The number of nitrogens with zero attached hydrogens (tertiary/aromatic N) is 2. The highest BCUT2D eigenvalue weighted by Gasteiger charge is 2.51. The Labute approximate surface area is 152 Å². The number of H-pyrrole nitrogens is 1. The minimum atomic E-state index is -1.37. The van der Waals surface area contributed by atoms with Crippen LogP contribution in [0.15, 0.2) is 15.8 Å². The van der Waals surface area contributed by atoms with Crippen molar-refractivity contribution in [3.63, 3.8) is 0 Å². The van der Waals surface area contributed by atoms with E-state index in [1.807, 2.05) is 4.98 Å². The van der Waals surface area contributed by atoms with Gasteiger partial charge in [0, 0.05) is 20.8 Å². The highest BCUT2D eigenvalue weighted by atomic mass is 16.7. The lowest BCUT2D eigenvalue weighted by molar-refractivity contribution is -0.262. The Morgan fingerprint density at radius 3 is 2.04 bits per heavy atom. The zero-order chi connectivity index (χ0) is 20.3. The van der Waals surface area contributed by atoms with Gasteiger partial charge in [-0.25, -0.2) is 4.79 Å². The van der Waals surface area contributed by atoms with Gasteiger partial charge in [0.25, 0.3) is 5.56 Å². The molecule has 0 spiro atoms. The fourth-order valence-corrected chi connectivity index (χ4v) is 2.73. The van der Waals surface area contributed by atoms with Crippen molar-refractivity contribution in [2.24, 2.45) is 0 Å². The van der Waals surface area contributed by atoms with E-state index in [2.05, 4.69) is 5.10 Å². The van der Waals surface area contributed by atoms with E-state index in [1.54, 1.807) is 0 Å². The Kier molecular flexibility index (Phi) is 6.10. The molecule has 1 aliphatic rings. The van der Waals surface area contributed by atoms with Gasteiger partial charge in [-0.05, 0) is 6.92 Å². The van der Waals surface area contributed by atoms with Gasteiger partial charge in [-0.15, -0.1) is 0 Å². The third-order valence-electron chi connectivity index (χ3n) is 3.63. The molecule has 2 heterocycles. The van der Waals surface area contributed by atoms with E-state index in [1.165, 1.54) is 6.92 Å². The van der Waals surface area contributed by atoms with Crippen LogP contribution in [0.25, 0.3) is 0 Å². The van der Waals surface area contributed by atoms with Gasteiger partial charge in [0.2, 0.25) is 0 Å². The molecule has 0 amide bonds. The van der Waals surface area contributed by atoms with E-state index >= 15 is 0 Å². The molecule has 0 radical (unpaired) electrons. The molecule has 1 N–H and O–H groups in total. The average molecular weight is 385 g/mol. The van der Waals surface area contributed by atoms with Gasteiger partial charge in [-0.3, -0.25) is 24.2 Å². The molecular weight excluding hydrogens is 366 g/mol. The van der Waals surface area contributed by atoms with Crippen molar-refractivity contribution in [3.8, 4) is 0 Å². The predicted molar refractivity (Wildman–Crippen MR) is 85.4 cm³/mol. The Morgan fingerprint density at radius 1 is 1.00 bits per heavy atom. The summed E-state index contributed by atoms with van der Waals surface area (Å²) in [5.74, 6) is -2.17. The molecule has 0 aromatic carbocycles. The number of esters is 3. The van der Waals surface area contributed by atoms with Crippen molar-refractivity contribution in [3.05, 3.63) is 27.0 Å². The summed E-state index contributed by atoms with van der Waals surface area (Å²) >= 11 is 0. The highest BCUT2D eigenvalue weighted by Crippen LogP contribution is 2.33. The van der Waals surface area contributed by atoms with Crippen molar-refractivity contribution < 1.29 is 33.3 Å². The number of aromatic nitrogens is 3. The molecule has 5 atom stereocenters. The lowest BCUT2D eigenvalue weighted by Crippen LogP contribution is -2.60. The SMILES string of the molecule is CC(=O)O[C@@H]1[C@H](OC(C)=O)[C@H](n2ncc(=O)[nH]c2=O)O[C@H](C)[C@H]1OC(C)=O. The molecule has 12 nitrogen and oxygen atoms in total. The summed E-state index contributed by atoms with van der Waals surface area (Å²) in [6.07, 6.45) is -5.13. The van der Waals surface area contributed by atoms with Gasteiger partial charge in [-0.2, -0.15) is 9.78 Å².